The van der Waals surface area contributed by atoms with E-state index in [4.69, 9.17) is 10.8 Å². The van der Waals surface area contributed by atoms with Crippen molar-refractivity contribution in [1.82, 2.24) is 10.6 Å². The molecule has 8 nitrogen and oxygen atoms in total. The lowest BCUT2D eigenvalue weighted by atomic mass is 10.0. The first-order valence-electron chi connectivity index (χ1n) is 5.92. The molecular weight excluding hydrogens is 254 g/mol. The van der Waals surface area contributed by atoms with Crippen molar-refractivity contribution in [2.24, 2.45) is 11.7 Å². The topological polar surface area (TPSA) is 142 Å². The third-order valence-corrected chi connectivity index (χ3v) is 2.39. The van der Waals surface area contributed by atoms with E-state index >= 15 is 0 Å². The van der Waals surface area contributed by atoms with Gasteiger partial charge in [-0.2, -0.15) is 0 Å². The Bertz CT molecular complexity index is 343. The van der Waals surface area contributed by atoms with Crippen molar-refractivity contribution in [2.75, 3.05) is 0 Å². The van der Waals surface area contributed by atoms with Crippen LogP contribution in [-0.2, 0) is 9.59 Å². The molecule has 0 aromatic carbocycles. The van der Waals surface area contributed by atoms with Gasteiger partial charge in [0.15, 0.2) is 6.04 Å². The molecule has 3 atom stereocenters. The molecule has 0 aromatic heterocycles. The van der Waals surface area contributed by atoms with E-state index in [-0.39, 0.29) is 5.92 Å². The van der Waals surface area contributed by atoms with Gasteiger partial charge in [0, 0.05) is 0 Å². The normalized spacial score (nSPS) is 15.4. The van der Waals surface area contributed by atoms with E-state index in [9.17, 15) is 19.5 Å². The van der Waals surface area contributed by atoms with Crippen LogP contribution in [0.4, 0.5) is 4.79 Å². The highest BCUT2D eigenvalue weighted by molar-refractivity contribution is 5.89. The van der Waals surface area contributed by atoms with E-state index in [2.05, 4.69) is 10.6 Å². The van der Waals surface area contributed by atoms with Crippen LogP contribution in [0.15, 0.2) is 0 Å². The average molecular weight is 275 g/mol. The number of nitrogens with one attached hydrogen (secondary N) is 2. The van der Waals surface area contributed by atoms with Gasteiger partial charge in [-0.15, -0.1) is 0 Å². The van der Waals surface area contributed by atoms with Gasteiger partial charge in [-0.1, -0.05) is 13.8 Å². The Hall–Kier alpha value is -1.83. The molecule has 8 heteroatoms. The molecule has 3 amide bonds. The fraction of sp³-hybridized carbons (Fsp3) is 0.727. The largest absolute Gasteiger partial charge is 0.480 e. The molecule has 19 heavy (non-hydrogen) atoms. The zero-order chi connectivity index (χ0) is 15.2. The highest BCUT2D eigenvalue weighted by atomic mass is 16.4. The van der Waals surface area contributed by atoms with Crippen molar-refractivity contribution in [3.8, 4) is 0 Å². The molecule has 0 heterocycles. The molecular formula is C11H21N3O5. The molecule has 0 aliphatic carbocycles. The van der Waals surface area contributed by atoms with Gasteiger partial charge >= 0.3 is 12.0 Å². The fourth-order valence-electron chi connectivity index (χ4n) is 1.52. The molecule has 3 unspecified atom stereocenters. The zero-order valence-electron chi connectivity index (χ0n) is 11.2. The van der Waals surface area contributed by atoms with Gasteiger partial charge < -0.3 is 26.6 Å². The van der Waals surface area contributed by atoms with Crippen LogP contribution in [-0.4, -0.2) is 46.3 Å². The first-order chi connectivity index (χ1) is 8.65. The lowest BCUT2D eigenvalue weighted by molar-refractivity contribution is -0.145. The van der Waals surface area contributed by atoms with Crippen molar-refractivity contribution in [3.63, 3.8) is 0 Å². The van der Waals surface area contributed by atoms with Crippen molar-refractivity contribution in [3.05, 3.63) is 0 Å². The summed E-state index contributed by atoms with van der Waals surface area (Å²) in [6, 6.07) is -3.24. The Morgan fingerprint density at radius 2 is 1.68 bits per heavy atom. The number of hydrogen-bond acceptors (Lipinski definition) is 4. The minimum absolute atomic E-state index is 0.0948. The Labute approximate surface area is 111 Å². The first kappa shape index (κ1) is 17.2. The van der Waals surface area contributed by atoms with Crippen LogP contribution in [0, 0.1) is 5.92 Å². The summed E-state index contributed by atoms with van der Waals surface area (Å²) in [7, 11) is 0. The number of hydrogen-bond donors (Lipinski definition) is 5. The van der Waals surface area contributed by atoms with Crippen LogP contribution < -0.4 is 16.4 Å². The van der Waals surface area contributed by atoms with Gasteiger partial charge in [-0.3, -0.25) is 4.79 Å². The van der Waals surface area contributed by atoms with Gasteiger partial charge in [0.1, 0.15) is 6.04 Å². The minimum Gasteiger partial charge on any atom is -0.480 e. The Morgan fingerprint density at radius 3 is 2.00 bits per heavy atom. The van der Waals surface area contributed by atoms with Crippen LogP contribution in [0.1, 0.15) is 27.2 Å². The summed E-state index contributed by atoms with van der Waals surface area (Å²) in [5, 5.41) is 22.5. The van der Waals surface area contributed by atoms with Crippen molar-refractivity contribution in [2.45, 2.75) is 45.4 Å². The first-order valence-corrected chi connectivity index (χ1v) is 5.92. The number of aliphatic hydroxyl groups is 1. The molecule has 0 aliphatic heterocycles. The second-order valence-corrected chi connectivity index (χ2v) is 4.76. The number of primary amides is 1. The lowest BCUT2D eigenvalue weighted by Crippen LogP contribution is -2.55. The van der Waals surface area contributed by atoms with Crippen LogP contribution >= 0.6 is 0 Å². The van der Waals surface area contributed by atoms with E-state index in [1.165, 1.54) is 6.92 Å². The van der Waals surface area contributed by atoms with Gasteiger partial charge in [-0.25, -0.2) is 9.59 Å². The minimum atomic E-state index is -1.43. The quantitative estimate of drug-likeness (QED) is 0.406. The van der Waals surface area contributed by atoms with E-state index in [1.54, 1.807) is 0 Å². The summed E-state index contributed by atoms with van der Waals surface area (Å²) in [5.74, 6) is -1.95. The van der Waals surface area contributed by atoms with Crippen molar-refractivity contribution < 1.29 is 24.6 Å². The van der Waals surface area contributed by atoms with Crippen LogP contribution in [0.2, 0.25) is 0 Å². The summed E-state index contributed by atoms with van der Waals surface area (Å²) < 4.78 is 0. The van der Waals surface area contributed by atoms with E-state index in [0.717, 1.165) is 0 Å². The van der Waals surface area contributed by atoms with E-state index in [0.29, 0.717) is 6.42 Å². The smallest absolute Gasteiger partial charge is 0.328 e. The summed E-state index contributed by atoms with van der Waals surface area (Å²) >= 11 is 0. The number of carbonyl (C=O) groups is 3. The maximum Gasteiger partial charge on any atom is 0.328 e. The number of amides is 3. The molecule has 0 bridgehead atoms. The summed E-state index contributed by atoms with van der Waals surface area (Å²) in [4.78, 5) is 33.5. The average Bonchev–Trinajstić information content (AvgIpc) is 2.22. The van der Waals surface area contributed by atoms with E-state index < -0.39 is 36.1 Å². The number of aliphatic hydroxyl groups excluding tert-OH is 1. The maximum absolute atomic E-state index is 11.9. The molecule has 0 fully saturated rings. The number of urea groups is 1. The molecule has 0 aliphatic rings. The van der Waals surface area contributed by atoms with Gasteiger partial charge in [0.2, 0.25) is 5.91 Å². The number of carboxylic acid groups (broad SMARTS) is 1. The van der Waals surface area contributed by atoms with Gasteiger partial charge in [0.25, 0.3) is 0 Å². The van der Waals surface area contributed by atoms with Crippen molar-refractivity contribution in [1.29, 1.82) is 0 Å². The number of rotatable bonds is 7. The lowest BCUT2D eigenvalue weighted by Gasteiger charge is -2.23. The van der Waals surface area contributed by atoms with Crippen LogP contribution in [0.25, 0.3) is 0 Å². The Balaban J connectivity index is 4.78. The maximum atomic E-state index is 11.9. The van der Waals surface area contributed by atoms with Crippen LogP contribution in [0.5, 0.6) is 0 Å². The van der Waals surface area contributed by atoms with Crippen LogP contribution in [0.3, 0.4) is 0 Å². The third kappa shape index (κ3) is 6.61. The van der Waals surface area contributed by atoms with Gasteiger partial charge in [-0.05, 0) is 19.3 Å². The standard InChI is InChI=1S/C11H21N3O5/c1-5(2)4-7(13-11(12)19)9(16)14-8(6(3)15)10(17)18/h5-8,15H,4H2,1-3H3,(H,14,16)(H,17,18)(H3,12,13,19). The zero-order valence-corrected chi connectivity index (χ0v) is 11.2. The fourth-order valence-corrected chi connectivity index (χ4v) is 1.52. The number of aliphatic carboxylic acids is 1. The molecule has 0 rings (SSSR count). The molecule has 6 N–H and O–H groups in total. The van der Waals surface area contributed by atoms with E-state index in [1.807, 2.05) is 13.8 Å². The molecule has 0 aromatic rings. The summed E-state index contributed by atoms with van der Waals surface area (Å²) in [6.07, 6.45) is -0.948. The van der Waals surface area contributed by atoms with Gasteiger partial charge in [0.05, 0.1) is 6.10 Å². The molecule has 0 saturated carbocycles. The highest BCUT2D eigenvalue weighted by Gasteiger charge is 2.29. The SMILES string of the molecule is CC(C)CC(NC(N)=O)C(=O)NC(C(=O)O)C(C)O. The Kier molecular flexibility index (Phi) is 6.84. The third-order valence-electron chi connectivity index (χ3n) is 2.39. The second kappa shape index (κ2) is 7.57. The monoisotopic (exact) mass is 275 g/mol. The Morgan fingerprint density at radius 1 is 1.16 bits per heavy atom. The molecule has 0 saturated heterocycles. The second-order valence-electron chi connectivity index (χ2n) is 4.76. The molecule has 0 radical (unpaired) electrons. The molecule has 0 spiro atoms. The number of nitrogens with two attached hydrogens (primary N) is 1. The highest BCUT2D eigenvalue weighted by Crippen LogP contribution is 2.06. The summed E-state index contributed by atoms with van der Waals surface area (Å²) in [5.41, 5.74) is 4.96. The predicted molar refractivity (Wildman–Crippen MR) is 67.2 cm³/mol. The summed E-state index contributed by atoms with van der Waals surface area (Å²) in [6.45, 7) is 4.93. The number of carboxylic acids is 1. The van der Waals surface area contributed by atoms with Crippen molar-refractivity contribution >= 4 is 17.9 Å². The predicted octanol–water partition coefficient (Wildman–Crippen LogP) is -0.980. The molecule has 110 valence electrons. The number of carbonyl (C=O) groups excluding carboxylic acids is 2.